The number of hydrogen-bond donors (Lipinski definition) is 3. The van der Waals surface area contributed by atoms with E-state index in [1.807, 2.05) is 13.8 Å². The summed E-state index contributed by atoms with van der Waals surface area (Å²) in [5.41, 5.74) is 5.92. The van der Waals surface area contributed by atoms with E-state index in [0.29, 0.717) is 5.56 Å². The summed E-state index contributed by atoms with van der Waals surface area (Å²) in [5.74, 6) is -0.260. The predicted octanol–water partition coefficient (Wildman–Crippen LogP) is 2.28. The number of carbonyl (C=O) groups is 1. The molecule has 0 aliphatic heterocycles. The van der Waals surface area contributed by atoms with E-state index in [9.17, 15) is 9.90 Å². The van der Waals surface area contributed by atoms with Crippen molar-refractivity contribution in [3.8, 4) is 5.75 Å². The van der Waals surface area contributed by atoms with Crippen LogP contribution in [0.3, 0.4) is 0 Å². The molecule has 4 nitrogen and oxygen atoms in total. The fourth-order valence-electron chi connectivity index (χ4n) is 1.75. The fraction of sp³-hybridized carbons (Fsp3) is 0.462. The second kappa shape index (κ2) is 5.08. The van der Waals surface area contributed by atoms with Gasteiger partial charge in [0.25, 0.3) is 5.91 Å². The SMILES string of the molecule is CCCC(C)(C)NC(=O)c1ccc(N)c(O)c1. The molecule has 0 spiro atoms. The molecule has 94 valence electrons. The van der Waals surface area contributed by atoms with Gasteiger partial charge in [-0.25, -0.2) is 0 Å². The topological polar surface area (TPSA) is 75.4 Å². The quantitative estimate of drug-likeness (QED) is 0.554. The van der Waals surface area contributed by atoms with Crippen LogP contribution in [0.4, 0.5) is 5.69 Å². The third-order valence-corrected chi connectivity index (χ3v) is 2.62. The summed E-state index contributed by atoms with van der Waals surface area (Å²) < 4.78 is 0. The lowest BCUT2D eigenvalue weighted by molar-refractivity contribution is 0.0908. The molecule has 0 fully saturated rings. The molecule has 0 saturated carbocycles. The number of aromatic hydroxyl groups is 1. The summed E-state index contributed by atoms with van der Waals surface area (Å²) >= 11 is 0. The van der Waals surface area contributed by atoms with Crippen molar-refractivity contribution in [2.75, 3.05) is 5.73 Å². The maximum Gasteiger partial charge on any atom is 0.251 e. The Kier molecular flexibility index (Phi) is 3.99. The van der Waals surface area contributed by atoms with Crippen LogP contribution in [0.1, 0.15) is 44.0 Å². The van der Waals surface area contributed by atoms with Crippen molar-refractivity contribution in [2.45, 2.75) is 39.2 Å². The van der Waals surface area contributed by atoms with E-state index in [0.717, 1.165) is 12.8 Å². The normalized spacial score (nSPS) is 11.2. The van der Waals surface area contributed by atoms with E-state index in [-0.39, 0.29) is 22.9 Å². The van der Waals surface area contributed by atoms with Crippen LogP contribution in [0.25, 0.3) is 0 Å². The molecule has 1 amide bonds. The van der Waals surface area contributed by atoms with Gasteiger partial charge < -0.3 is 16.2 Å². The number of rotatable bonds is 4. The second-order valence-corrected chi connectivity index (χ2v) is 4.86. The standard InChI is InChI=1S/C13H20N2O2/c1-4-7-13(2,3)15-12(17)9-5-6-10(14)11(16)8-9/h5-6,8,16H,4,7,14H2,1-3H3,(H,15,17). The molecule has 1 rings (SSSR count). The van der Waals surface area contributed by atoms with Gasteiger partial charge in [0, 0.05) is 11.1 Å². The number of phenols is 1. The zero-order valence-corrected chi connectivity index (χ0v) is 10.6. The fourth-order valence-corrected chi connectivity index (χ4v) is 1.75. The average Bonchev–Trinajstić information content (AvgIpc) is 2.21. The molecular weight excluding hydrogens is 216 g/mol. The maximum absolute atomic E-state index is 11.9. The number of phenolic OH excluding ortho intramolecular Hbond substituents is 1. The molecule has 0 aromatic heterocycles. The highest BCUT2D eigenvalue weighted by Crippen LogP contribution is 2.21. The van der Waals surface area contributed by atoms with E-state index in [4.69, 9.17) is 5.73 Å². The van der Waals surface area contributed by atoms with Gasteiger partial charge in [-0.2, -0.15) is 0 Å². The lowest BCUT2D eigenvalue weighted by atomic mass is 9.98. The highest BCUT2D eigenvalue weighted by Gasteiger charge is 2.20. The number of carbonyl (C=O) groups excluding carboxylic acids is 1. The molecule has 17 heavy (non-hydrogen) atoms. The van der Waals surface area contributed by atoms with E-state index < -0.39 is 0 Å². The summed E-state index contributed by atoms with van der Waals surface area (Å²) in [6.45, 7) is 6.03. The van der Waals surface area contributed by atoms with Crippen molar-refractivity contribution in [2.24, 2.45) is 0 Å². The molecular formula is C13H20N2O2. The average molecular weight is 236 g/mol. The molecule has 1 aromatic rings. The molecule has 4 heteroatoms. The lowest BCUT2D eigenvalue weighted by Crippen LogP contribution is -2.43. The van der Waals surface area contributed by atoms with E-state index in [1.54, 1.807) is 6.07 Å². The molecule has 1 aromatic carbocycles. The lowest BCUT2D eigenvalue weighted by Gasteiger charge is -2.25. The Morgan fingerprint density at radius 1 is 1.47 bits per heavy atom. The van der Waals surface area contributed by atoms with Gasteiger partial charge in [-0.1, -0.05) is 13.3 Å². The van der Waals surface area contributed by atoms with Gasteiger partial charge in [-0.05, 0) is 38.5 Å². The van der Waals surface area contributed by atoms with Crippen LogP contribution in [0, 0.1) is 0 Å². The van der Waals surface area contributed by atoms with Gasteiger partial charge in [0.05, 0.1) is 5.69 Å². The van der Waals surface area contributed by atoms with Crippen LogP contribution in [0.15, 0.2) is 18.2 Å². The van der Waals surface area contributed by atoms with Crippen molar-refractivity contribution >= 4 is 11.6 Å². The first kappa shape index (κ1) is 13.4. The van der Waals surface area contributed by atoms with E-state index >= 15 is 0 Å². The van der Waals surface area contributed by atoms with Crippen LogP contribution in [-0.2, 0) is 0 Å². The van der Waals surface area contributed by atoms with Crippen molar-refractivity contribution < 1.29 is 9.90 Å². The molecule has 0 saturated heterocycles. The first-order valence-electron chi connectivity index (χ1n) is 5.77. The van der Waals surface area contributed by atoms with Gasteiger partial charge in [0.15, 0.2) is 0 Å². The molecule has 0 radical (unpaired) electrons. The molecule has 0 atom stereocenters. The number of benzene rings is 1. The monoisotopic (exact) mass is 236 g/mol. The third kappa shape index (κ3) is 3.66. The maximum atomic E-state index is 11.9. The number of nitrogens with two attached hydrogens (primary N) is 1. The Morgan fingerprint density at radius 2 is 2.12 bits per heavy atom. The Balaban J connectivity index is 2.80. The van der Waals surface area contributed by atoms with Gasteiger partial charge >= 0.3 is 0 Å². The smallest absolute Gasteiger partial charge is 0.251 e. The second-order valence-electron chi connectivity index (χ2n) is 4.86. The summed E-state index contributed by atoms with van der Waals surface area (Å²) in [4.78, 5) is 11.9. The van der Waals surface area contributed by atoms with Crippen molar-refractivity contribution in [3.05, 3.63) is 23.8 Å². The molecule has 0 heterocycles. The summed E-state index contributed by atoms with van der Waals surface area (Å²) in [7, 11) is 0. The number of nitrogens with one attached hydrogen (secondary N) is 1. The Hall–Kier alpha value is -1.71. The molecule has 0 aliphatic rings. The van der Waals surface area contributed by atoms with Crippen molar-refractivity contribution in [1.29, 1.82) is 0 Å². The van der Waals surface area contributed by atoms with E-state index in [2.05, 4.69) is 12.2 Å². The van der Waals surface area contributed by atoms with Crippen LogP contribution >= 0.6 is 0 Å². The first-order chi connectivity index (χ1) is 7.85. The highest BCUT2D eigenvalue weighted by atomic mass is 16.3. The van der Waals surface area contributed by atoms with Crippen LogP contribution in [0.5, 0.6) is 5.75 Å². The molecule has 4 N–H and O–H groups in total. The largest absolute Gasteiger partial charge is 0.506 e. The van der Waals surface area contributed by atoms with E-state index in [1.165, 1.54) is 12.1 Å². The molecule has 0 aliphatic carbocycles. The van der Waals surface area contributed by atoms with Crippen LogP contribution < -0.4 is 11.1 Å². The van der Waals surface area contributed by atoms with Crippen LogP contribution in [0.2, 0.25) is 0 Å². The number of hydrogen-bond acceptors (Lipinski definition) is 3. The number of nitrogen functional groups attached to an aromatic ring is 1. The Bertz CT molecular complexity index is 414. The predicted molar refractivity (Wildman–Crippen MR) is 69.0 cm³/mol. The zero-order chi connectivity index (χ0) is 13.1. The minimum Gasteiger partial charge on any atom is -0.506 e. The third-order valence-electron chi connectivity index (χ3n) is 2.62. The highest BCUT2D eigenvalue weighted by molar-refractivity contribution is 5.95. The summed E-state index contributed by atoms with van der Waals surface area (Å²) in [5, 5.41) is 12.4. The molecule has 0 unspecified atom stereocenters. The number of amides is 1. The Morgan fingerprint density at radius 3 is 2.65 bits per heavy atom. The molecule has 0 bridgehead atoms. The number of anilines is 1. The first-order valence-corrected chi connectivity index (χ1v) is 5.77. The minimum atomic E-state index is -0.247. The van der Waals surface area contributed by atoms with Gasteiger partial charge in [0.2, 0.25) is 0 Å². The minimum absolute atomic E-state index is 0.0639. The van der Waals surface area contributed by atoms with Gasteiger partial charge in [0.1, 0.15) is 5.75 Å². The zero-order valence-electron chi connectivity index (χ0n) is 10.6. The van der Waals surface area contributed by atoms with Crippen LogP contribution in [-0.4, -0.2) is 16.6 Å². The van der Waals surface area contributed by atoms with Gasteiger partial charge in [-0.3, -0.25) is 4.79 Å². The summed E-state index contributed by atoms with van der Waals surface area (Å²) in [6, 6.07) is 4.51. The van der Waals surface area contributed by atoms with Gasteiger partial charge in [-0.15, -0.1) is 0 Å². The van der Waals surface area contributed by atoms with Crippen molar-refractivity contribution in [1.82, 2.24) is 5.32 Å². The van der Waals surface area contributed by atoms with Crippen molar-refractivity contribution in [3.63, 3.8) is 0 Å². The summed E-state index contributed by atoms with van der Waals surface area (Å²) in [6.07, 6.45) is 1.90. The Labute approximate surface area is 102 Å².